The highest BCUT2D eigenvalue weighted by molar-refractivity contribution is 5.69. The molecule has 0 amide bonds. The van der Waals surface area contributed by atoms with E-state index in [4.69, 9.17) is 19.3 Å². The molecule has 3 aromatic carbocycles. The predicted octanol–water partition coefficient (Wildman–Crippen LogP) is 5.60. The molecule has 0 radical (unpaired) electrons. The zero-order valence-electron chi connectivity index (χ0n) is 18.3. The van der Waals surface area contributed by atoms with Crippen LogP contribution in [0.25, 0.3) is 11.1 Å². The second-order valence-corrected chi connectivity index (χ2v) is 7.64. The standard InChI is InChI=1S/C27H23FO5/c1-3-4-19(14-27(29)30)20-9-12-24-25(13-20)32-16-26(33-24)18-7-5-17(6-8-18)22-15-21(31-2)10-11-23(22)28/h5-13,15,19,26H,14,16H2,1-2H3,(H,29,30)/t19-,26?/m0/s1. The van der Waals surface area contributed by atoms with E-state index < -0.39 is 11.9 Å². The molecule has 3 aromatic rings. The molecule has 0 fully saturated rings. The van der Waals surface area contributed by atoms with E-state index in [1.54, 1.807) is 38.3 Å². The molecule has 0 saturated heterocycles. The lowest BCUT2D eigenvalue weighted by molar-refractivity contribution is -0.137. The number of methoxy groups -OCH3 is 1. The van der Waals surface area contributed by atoms with E-state index in [0.717, 1.165) is 16.7 Å². The summed E-state index contributed by atoms with van der Waals surface area (Å²) >= 11 is 0. The highest BCUT2D eigenvalue weighted by Crippen LogP contribution is 2.39. The number of fused-ring (bicyclic) bond motifs is 1. The molecule has 1 aliphatic rings. The van der Waals surface area contributed by atoms with Crippen LogP contribution in [0.5, 0.6) is 17.2 Å². The summed E-state index contributed by atoms with van der Waals surface area (Å²) in [6.07, 6.45) is -0.401. The van der Waals surface area contributed by atoms with Gasteiger partial charge in [-0.1, -0.05) is 36.3 Å². The maximum Gasteiger partial charge on any atom is 0.304 e. The molecule has 6 heteroatoms. The zero-order chi connectivity index (χ0) is 23.4. The number of hydrogen-bond acceptors (Lipinski definition) is 4. The van der Waals surface area contributed by atoms with Gasteiger partial charge in [-0.3, -0.25) is 4.79 Å². The smallest absolute Gasteiger partial charge is 0.304 e. The van der Waals surface area contributed by atoms with Gasteiger partial charge in [0.05, 0.1) is 19.4 Å². The summed E-state index contributed by atoms with van der Waals surface area (Å²) in [5.74, 6) is 5.82. The summed E-state index contributed by atoms with van der Waals surface area (Å²) in [6, 6.07) is 17.5. The predicted molar refractivity (Wildman–Crippen MR) is 122 cm³/mol. The first-order valence-electron chi connectivity index (χ1n) is 10.5. The van der Waals surface area contributed by atoms with E-state index in [9.17, 15) is 9.18 Å². The van der Waals surface area contributed by atoms with Crippen LogP contribution in [0.4, 0.5) is 4.39 Å². The lowest BCUT2D eigenvalue weighted by atomic mass is 9.95. The third-order valence-corrected chi connectivity index (χ3v) is 5.49. The summed E-state index contributed by atoms with van der Waals surface area (Å²) in [5, 5.41) is 9.15. The Balaban J connectivity index is 1.52. The molecule has 4 rings (SSSR count). The first-order valence-corrected chi connectivity index (χ1v) is 10.5. The van der Waals surface area contributed by atoms with Crippen LogP contribution in [-0.2, 0) is 4.79 Å². The lowest BCUT2D eigenvalue weighted by Gasteiger charge is -2.27. The number of carbonyl (C=O) groups is 1. The Morgan fingerprint density at radius 3 is 2.64 bits per heavy atom. The Labute approximate surface area is 191 Å². The SMILES string of the molecule is CC#C[C@@H](CC(=O)O)c1ccc2c(c1)OCC(c1ccc(-c3cc(OC)ccc3F)cc1)O2. The number of carboxylic acid groups (broad SMARTS) is 1. The van der Waals surface area contributed by atoms with Gasteiger partial charge >= 0.3 is 5.97 Å². The quantitative estimate of drug-likeness (QED) is 0.500. The number of rotatable bonds is 6. The molecule has 0 aromatic heterocycles. The van der Waals surface area contributed by atoms with Crippen molar-refractivity contribution in [2.24, 2.45) is 0 Å². The van der Waals surface area contributed by atoms with Crippen LogP contribution in [0.1, 0.15) is 36.5 Å². The van der Waals surface area contributed by atoms with Crippen LogP contribution in [0.3, 0.4) is 0 Å². The van der Waals surface area contributed by atoms with Gasteiger partial charge in [0.15, 0.2) is 17.6 Å². The Bertz CT molecular complexity index is 1220. The Hall–Kier alpha value is -3.98. The van der Waals surface area contributed by atoms with Crippen LogP contribution < -0.4 is 14.2 Å². The molecule has 0 aliphatic carbocycles. The summed E-state index contributed by atoms with van der Waals surface area (Å²) in [6.45, 7) is 1.98. The maximum atomic E-state index is 14.3. The Morgan fingerprint density at radius 2 is 1.94 bits per heavy atom. The normalized spacial score (nSPS) is 15.2. The van der Waals surface area contributed by atoms with Crippen molar-refractivity contribution in [1.29, 1.82) is 0 Å². The average Bonchev–Trinajstić information content (AvgIpc) is 2.83. The number of carboxylic acids is 1. The number of aliphatic carboxylic acids is 1. The highest BCUT2D eigenvalue weighted by atomic mass is 19.1. The molecular weight excluding hydrogens is 423 g/mol. The van der Waals surface area contributed by atoms with Crippen LogP contribution in [0.15, 0.2) is 60.7 Å². The minimum atomic E-state index is -0.907. The van der Waals surface area contributed by atoms with Crippen molar-refractivity contribution in [2.75, 3.05) is 13.7 Å². The molecular formula is C27H23FO5. The third kappa shape index (κ3) is 4.93. The number of benzene rings is 3. The molecule has 0 bridgehead atoms. The fourth-order valence-corrected chi connectivity index (χ4v) is 3.80. The van der Waals surface area contributed by atoms with Crippen molar-refractivity contribution in [3.63, 3.8) is 0 Å². The van der Waals surface area contributed by atoms with Crippen LogP contribution in [-0.4, -0.2) is 24.8 Å². The second-order valence-electron chi connectivity index (χ2n) is 7.64. The first kappa shape index (κ1) is 22.2. The van der Waals surface area contributed by atoms with Gasteiger partial charge in [0, 0.05) is 5.56 Å². The van der Waals surface area contributed by atoms with Crippen molar-refractivity contribution in [3.05, 3.63) is 77.6 Å². The minimum absolute atomic E-state index is 0.0800. The monoisotopic (exact) mass is 446 g/mol. The first-order chi connectivity index (χ1) is 16.0. The zero-order valence-corrected chi connectivity index (χ0v) is 18.3. The topological polar surface area (TPSA) is 65.0 Å². The average molecular weight is 446 g/mol. The Kier molecular flexibility index (Phi) is 6.50. The van der Waals surface area contributed by atoms with Gasteiger partial charge in [-0.2, -0.15) is 0 Å². The van der Waals surface area contributed by atoms with Crippen molar-refractivity contribution >= 4 is 5.97 Å². The van der Waals surface area contributed by atoms with E-state index in [0.29, 0.717) is 29.4 Å². The summed E-state index contributed by atoms with van der Waals surface area (Å²) in [5.41, 5.74) is 2.87. The van der Waals surface area contributed by atoms with Gasteiger partial charge in [-0.15, -0.1) is 5.92 Å². The van der Waals surface area contributed by atoms with Crippen molar-refractivity contribution in [3.8, 4) is 40.2 Å². The molecule has 2 atom stereocenters. The summed E-state index contributed by atoms with van der Waals surface area (Å²) in [4.78, 5) is 11.2. The molecule has 0 spiro atoms. The van der Waals surface area contributed by atoms with Crippen molar-refractivity contribution in [1.82, 2.24) is 0 Å². The van der Waals surface area contributed by atoms with E-state index >= 15 is 0 Å². The van der Waals surface area contributed by atoms with Gasteiger partial charge in [0.2, 0.25) is 0 Å². The fourth-order valence-electron chi connectivity index (χ4n) is 3.80. The van der Waals surface area contributed by atoms with Crippen LogP contribution >= 0.6 is 0 Å². The van der Waals surface area contributed by atoms with E-state index in [-0.39, 0.29) is 18.3 Å². The molecule has 1 unspecified atom stereocenters. The van der Waals surface area contributed by atoms with Gasteiger partial charge in [0.1, 0.15) is 18.2 Å². The lowest BCUT2D eigenvalue weighted by Crippen LogP contribution is -2.21. The van der Waals surface area contributed by atoms with Crippen LogP contribution in [0.2, 0.25) is 0 Å². The molecule has 168 valence electrons. The Morgan fingerprint density at radius 1 is 1.15 bits per heavy atom. The minimum Gasteiger partial charge on any atom is -0.497 e. The number of hydrogen-bond donors (Lipinski definition) is 1. The number of halogens is 1. The largest absolute Gasteiger partial charge is 0.497 e. The summed E-state index contributed by atoms with van der Waals surface area (Å²) in [7, 11) is 1.55. The van der Waals surface area contributed by atoms with E-state index in [2.05, 4.69) is 11.8 Å². The molecule has 0 saturated carbocycles. The third-order valence-electron chi connectivity index (χ3n) is 5.49. The fraction of sp³-hybridized carbons (Fsp3) is 0.222. The van der Waals surface area contributed by atoms with Crippen molar-refractivity contribution < 1.29 is 28.5 Å². The van der Waals surface area contributed by atoms with Gasteiger partial charge in [0.25, 0.3) is 0 Å². The van der Waals surface area contributed by atoms with Crippen LogP contribution in [0, 0.1) is 17.7 Å². The maximum absolute atomic E-state index is 14.3. The van der Waals surface area contributed by atoms with Crippen molar-refractivity contribution in [2.45, 2.75) is 25.4 Å². The van der Waals surface area contributed by atoms with E-state index in [1.807, 2.05) is 30.3 Å². The molecule has 1 aliphatic heterocycles. The number of ether oxygens (including phenoxy) is 3. The second kappa shape index (κ2) is 9.66. The molecule has 1 heterocycles. The van der Waals surface area contributed by atoms with Gasteiger partial charge < -0.3 is 19.3 Å². The van der Waals surface area contributed by atoms with Gasteiger partial charge in [-0.25, -0.2) is 4.39 Å². The molecule has 1 N–H and O–H groups in total. The highest BCUT2D eigenvalue weighted by Gasteiger charge is 2.24. The molecule has 5 nitrogen and oxygen atoms in total. The van der Waals surface area contributed by atoms with E-state index in [1.165, 1.54) is 6.07 Å². The summed E-state index contributed by atoms with van der Waals surface area (Å²) < 4.78 is 31.5. The van der Waals surface area contributed by atoms with Gasteiger partial charge in [-0.05, 0) is 53.9 Å². The molecule has 33 heavy (non-hydrogen) atoms.